The predicted octanol–water partition coefficient (Wildman–Crippen LogP) is 3.71. The molecule has 1 amide bonds. The molecule has 0 spiro atoms. The molecule has 0 aliphatic carbocycles. The summed E-state index contributed by atoms with van der Waals surface area (Å²) in [4.78, 5) is 16.5. The van der Waals surface area contributed by atoms with E-state index in [1.807, 2.05) is 16.7 Å². The van der Waals surface area contributed by atoms with Crippen LogP contribution in [0.15, 0.2) is 47.9 Å². The Hall–Kier alpha value is -2.67. The maximum atomic E-state index is 12.4. The molecule has 1 fully saturated rings. The molecule has 0 bridgehead atoms. The lowest BCUT2D eigenvalue weighted by Gasteiger charge is -2.15. The zero-order chi connectivity index (χ0) is 19.5. The molecule has 1 atom stereocenters. The van der Waals surface area contributed by atoms with Crippen LogP contribution in [0, 0.1) is 13.8 Å². The summed E-state index contributed by atoms with van der Waals surface area (Å²) in [7, 11) is 0. The number of aryl methyl sites for hydroxylation is 2. The van der Waals surface area contributed by atoms with Crippen molar-refractivity contribution in [3.05, 3.63) is 53.9 Å². The number of nitrogens with zero attached hydrogens (tertiary/aromatic N) is 4. The molecule has 1 saturated heterocycles. The van der Waals surface area contributed by atoms with E-state index >= 15 is 0 Å². The maximum absolute atomic E-state index is 12.4. The van der Waals surface area contributed by atoms with E-state index in [4.69, 9.17) is 0 Å². The van der Waals surface area contributed by atoms with Gasteiger partial charge in [0.15, 0.2) is 11.0 Å². The first-order valence-electron chi connectivity index (χ1n) is 9.51. The van der Waals surface area contributed by atoms with Crippen molar-refractivity contribution >= 4 is 17.7 Å². The smallest absolute Gasteiger partial charge is 0.233 e. The van der Waals surface area contributed by atoms with Crippen LogP contribution in [-0.2, 0) is 4.79 Å². The Morgan fingerprint density at radius 3 is 2.68 bits per heavy atom. The predicted molar refractivity (Wildman–Crippen MR) is 111 cm³/mol. The van der Waals surface area contributed by atoms with Crippen molar-refractivity contribution in [1.29, 1.82) is 0 Å². The molecule has 0 saturated carbocycles. The minimum Gasteiger partial charge on any atom is -0.355 e. The number of nitrogens with one attached hydrogen (secondary N) is 1. The molecule has 0 unspecified atom stereocenters. The third-order valence-corrected chi connectivity index (χ3v) is 6.26. The molecule has 1 aromatic carbocycles. The van der Waals surface area contributed by atoms with Crippen molar-refractivity contribution < 1.29 is 4.79 Å². The number of pyridine rings is 1. The third-order valence-electron chi connectivity index (χ3n) is 5.05. The lowest BCUT2D eigenvalue weighted by molar-refractivity contribution is -0.120. The number of carbonyl (C=O) groups is 1. The van der Waals surface area contributed by atoms with Crippen molar-refractivity contribution in [1.82, 2.24) is 25.1 Å². The van der Waals surface area contributed by atoms with Crippen LogP contribution in [0.4, 0.5) is 0 Å². The first-order valence-corrected chi connectivity index (χ1v) is 10.4. The summed E-state index contributed by atoms with van der Waals surface area (Å²) < 4.78 is 2.05. The Balaban J connectivity index is 1.79. The summed E-state index contributed by atoms with van der Waals surface area (Å²) in [6.07, 6.45) is 6.40. The van der Waals surface area contributed by atoms with Gasteiger partial charge >= 0.3 is 0 Å². The Bertz CT molecular complexity index is 986. The van der Waals surface area contributed by atoms with Gasteiger partial charge in [-0.2, -0.15) is 0 Å². The number of hydrogen-bond acceptors (Lipinski definition) is 5. The van der Waals surface area contributed by atoms with E-state index < -0.39 is 0 Å². The highest BCUT2D eigenvalue weighted by molar-refractivity contribution is 8.00. The van der Waals surface area contributed by atoms with Gasteiger partial charge in [0.1, 0.15) is 0 Å². The monoisotopic (exact) mass is 393 g/mol. The molecule has 4 rings (SSSR count). The van der Waals surface area contributed by atoms with Crippen LogP contribution in [0.5, 0.6) is 0 Å². The van der Waals surface area contributed by atoms with Gasteiger partial charge < -0.3 is 5.32 Å². The Kier molecular flexibility index (Phi) is 5.43. The van der Waals surface area contributed by atoms with Crippen LogP contribution in [0.2, 0.25) is 0 Å². The van der Waals surface area contributed by atoms with E-state index in [9.17, 15) is 4.79 Å². The van der Waals surface area contributed by atoms with Crippen LogP contribution in [-0.4, -0.2) is 37.5 Å². The summed E-state index contributed by atoms with van der Waals surface area (Å²) in [6.45, 7) is 4.95. The van der Waals surface area contributed by atoms with Crippen LogP contribution in [0.3, 0.4) is 0 Å². The van der Waals surface area contributed by atoms with Crippen molar-refractivity contribution in [2.24, 2.45) is 0 Å². The molecule has 7 heteroatoms. The molecular formula is C21H23N5OS. The van der Waals surface area contributed by atoms with Gasteiger partial charge in [-0.05, 0) is 62.1 Å². The second-order valence-electron chi connectivity index (χ2n) is 7.04. The largest absolute Gasteiger partial charge is 0.355 e. The van der Waals surface area contributed by atoms with Crippen LogP contribution < -0.4 is 5.32 Å². The summed E-state index contributed by atoms with van der Waals surface area (Å²) in [5.41, 5.74) is 4.38. The molecular weight excluding hydrogens is 370 g/mol. The Morgan fingerprint density at radius 2 is 1.89 bits per heavy atom. The Morgan fingerprint density at radius 1 is 1.07 bits per heavy atom. The first-order chi connectivity index (χ1) is 13.6. The molecule has 0 radical (unpaired) electrons. The molecule has 3 aromatic rings. The highest BCUT2D eigenvalue weighted by Gasteiger charge is 2.26. The number of rotatable bonds is 4. The van der Waals surface area contributed by atoms with Crippen molar-refractivity contribution in [2.75, 3.05) is 6.54 Å². The van der Waals surface area contributed by atoms with E-state index in [1.54, 1.807) is 12.4 Å². The molecule has 1 aliphatic heterocycles. The molecule has 2 aromatic heterocycles. The van der Waals surface area contributed by atoms with Crippen LogP contribution in [0.25, 0.3) is 17.1 Å². The van der Waals surface area contributed by atoms with Crippen molar-refractivity contribution in [3.8, 4) is 17.1 Å². The van der Waals surface area contributed by atoms with Gasteiger partial charge in [-0.1, -0.05) is 24.2 Å². The number of carbonyl (C=O) groups excluding carboxylic acids is 1. The van der Waals surface area contributed by atoms with E-state index in [0.29, 0.717) is 0 Å². The third kappa shape index (κ3) is 3.80. The van der Waals surface area contributed by atoms with Crippen LogP contribution >= 0.6 is 11.8 Å². The molecule has 6 nitrogen and oxygen atoms in total. The highest BCUT2D eigenvalue weighted by Crippen LogP contribution is 2.32. The second-order valence-corrected chi connectivity index (χ2v) is 8.21. The van der Waals surface area contributed by atoms with E-state index in [0.717, 1.165) is 48.0 Å². The topological polar surface area (TPSA) is 72.7 Å². The SMILES string of the molecule is Cc1ccc(-n2c(S[C@H]3CCCCNC3=O)nnc2-c2ccncc2)cc1C. The molecule has 28 heavy (non-hydrogen) atoms. The number of thioether (sulfide) groups is 1. The minimum absolute atomic E-state index is 0.0857. The fourth-order valence-corrected chi connectivity index (χ4v) is 4.40. The number of aromatic nitrogens is 4. The molecule has 3 heterocycles. The quantitative estimate of drug-likeness (QED) is 0.732. The normalized spacial score (nSPS) is 17.2. The highest BCUT2D eigenvalue weighted by atomic mass is 32.2. The van der Waals surface area contributed by atoms with Gasteiger partial charge in [0.05, 0.1) is 10.9 Å². The van der Waals surface area contributed by atoms with Gasteiger partial charge in [-0.3, -0.25) is 14.3 Å². The summed E-state index contributed by atoms with van der Waals surface area (Å²) in [5, 5.41) is 12.5. The number of benzene rings is 1. The zero-order valence-corrected chi connectivity index (χ0v) is 16.9. The average molecular weight is 394 g/mol. The van der Waals surface area contributed by atoms with Gasteiger partial charge in [0.25, 0.3) is 0 Å². The van der Waals surface area contributed by atoms with Gasteiger partial charge in [0.2, 0.25) is 5.91 Å². The second kappa shape index (κ2) is 8.14. The van der Waals surface area contributed by atoms with E-state index in [1.165, 1.54) is 22.9 Å². The average Bonchev–Trinajstić information content (AvgIpc) is 3.02. The van der Waals surface area contributed by atoms with Crippen LogP contribution in [0.1, 0.15) is 30.4 Å². The molecule has 1 aliphatic rings. The lowest BCUT2D eigenvalue weighted by atomic mass is 10.1. The summed E-state index contributed by atoms with van der Waals surface area (Å²) in [6, 6.07) is 10.2. The minimum atomic E-state index is -0.151. The zero-order valence-electron chi connectivity index (χ0n) is 16.1. The number of amides is 1. The fourth-order valence-electron chi connectivity index (χ4n) is 3.28. The van der Waals surface area contributed by atoms with Gasteiger partial charge in [-0.25, -0.2) is 0 Å². The fraction of sp³-hybridized carbons (Fsp3) is 0.333. The number of hydrogen-bond donors (Lipinski definition) is 1. The van der Waals surface area contributed by atoms with Gasteiger partial charge in [-0.15, -0.1) is 10.2 Å². The van der Waals surface area contributed by atoms with E-state index in [2.05, 4.69) is 52.5 Å². The molecule has 144 valence electrons. The molecule has 1 N–H and O–H groups in total. The van der Waals surface area contributed by atoms with Crippen molar-refractivity contribution in [2.45, 2.75) is 43.5 Å². The lowest BCUT2D eigenvalue weighted by Crippen LogP contribution is -2.30. The van der Waals surface area contributed by atoms with Gasteiger partial charge in [0, 0.05) is 24.5 Å². The summed E-state index contributed by atoms with van der Waals surface area (Å²) >= 11 is 1.49. The Labute approximate surface area is 168 Å². The standard InChI is InChI=1S/C21H23N5OS/c1-14-6-7-17(13-15(14)2)26-19(16-8-11-22-12-9-16)24-25-21(26)28-18-5-3-4-10-23-20(18)27/h6-9,11-13,18H,3-5,10H2,1-2H3,(H,23,27)/t18-/m0/s1. The van der Waals surface area contributed by atoms with Crippen molar-refractivity contribution in [3.63, 3.8) is 0 Å². The van der Waals surface area contributed by atoms with E-state index in [-0.39, 0.29) is 11.2 Å². The maximum Gasteiger partial charge on any atom is 0.233 e. The summed E-state index contributed by atoms with van der Waals surface area (Å²) in [5.74, 6) is 0.838. The first kappa shape index (κ1) is 18.7.